The van der Waals surface area contributed by atoms with Crippen LogP contribution in [0.5, 0.6) is 0 Å². The molecule has 1 fully saturated rings. The Morgan fingerprint density at radius 1 is 1.35 bits per heavy atom. The van der Waals surface area contributed by atoms with Crippen LogP contribution in [0.3, 0.4) is 0 Å². The second-order valence-electron chi connectivity index (χ2n) is 5.32. The molecule has 4 nitrogen and oxygen atoms in total. The zero-order valence-corrected chi connectivity index (χ0v) is 12.0. The summed E-state index contributed by atoms with van der Waals surface area (Å²) in [6, 6.07) is 8.24. The minimum Gasteiger partial charge on any atom is -0.465 e. The summed E-state index contributed by atoms with van der Waals surface area (Å²) < 4.78 is 4.70. The van der Waals surface area contributed by atoms with Gasteiger partial charge in [-0.2, -0.15) is 0 Å². The summed E-state index contributed by atoms with van der Waals surface area (Å²) in [5.41, 5.74) is 1.78. The molecule has 0 radical (unpaired) electrons. The van der Waals surface area contributed by atoms with Crippen molar-refractivity contribution in [1.29, 1.82) is 0 Å². The van der Waals surface area contributed by atoms with Gasteiger partial charge in [0.25, 0.3) is 0 Å². The van der Waals surface area contributed by atoms with Crippen molar-refractivity contribution in [3.8, 4) is 0 Å². The first kappa shape index (κ1) is 15.0. The number of benzene rings is 1. The van der Waals surface area contributed by atoms with Gasteiger partial charge in [0, 0.05) is 25.7 Å². The quantitative estimate of drug-likeness (QED) is 0.776. The van der Waals surface area contributed by atoms with Crippen LogP contribution in [-0.2, 0) is 11.3 Å². The Kier molecular flexibility index (Phi) is 5.56. The van der Waals surface area contributed by atoms with Crippen LogP contribution in [-0.4, -0.2) is 42.3 Å². The van der Waals surface area contributed by atoms with Crippen molar-refractivity contribution in [1.82, 2.24) is 4.90 Å². The molecule has 0 heterocycles. The molecule has 0 saturated heterocycles. The van der Waals surface area contributed by atoms with E-state index in [1.807, 2.05) is 24.3 Å². The molecule has 4 heteroatoms. The van der Waals surface area contributed by atoms with Gasteiger partial charge in [-0.3, -0.25) is 4.90 Å². The maximum Gasteiger partial charge on any atom is 0.337 e. The Hall–Kier alpha value is -1.39. The summed E-state index contributed by atoms with van der Waals surface area (Å²) in [6.07, 6.45) is 4.63. The van der Waals surface area contributed by atoms with Crippen molar-refractivity contribution in [2.75, 3.05) is 20.3 Å². The fourth-order valence-electron chi connectivity index (χ4n) is 2.51. The van der Waals surface area contributed by atoms with E-state index < -0.39 is 0 Å². The lowest BCUT2D eigenvalue weighted by Crippen LogP contribution is -2.40. The lowest BCUT2D eigenvalue weighted by molar-refractivity contribution is 0.0600. The largest absolute Gasteiger partial charge is 0.465 e. The number of aliphatic hydroxyl groups is 1. The van der Waals surface area contributed by atoms with E-state index in [9.17, 15) is 4.79 Å². The number of hydrogen-bond donors (Lipinski definition) is 1. The predicted molar refractivity (Wildman–Crippen MR) is 77.5 cm³/mol. The van der Waals surface area contributed by atoms with Gasteiger partial charge in [0.15, 0.2) is 0 Å². The summed E-state index contributed by atoms with van der Waals surface area (Å²) >= 11 is 0. The molecule has 1 aromatic rings. The van der Waals surface area contributed by atoms with Gasteiger partial charge in [-0.15, -0.1) is 0 Å². The van der Waals surface area contributed by atoms with E-state index in [1.54, 1.807) is 0 Å². The van der Waals surface area contributed by atoms with Crippen LogP contribution in [0.1, 0.15) is 41.6 Å². The fraction of sp³-hybridized carbons (Fsp3) is 0.562. The Bertz CT molecular complexity index is 426. The zero-order valence-electron chi connectivity index (χ0n) is 12.0. The van der Waals surface area contributed by atoms with Crippen molar-refractivity contribution < 1.29 is 14.6 Å². The summed E-state index contributed by atoms with van der Waals surface area (Å²) in [7, 11) is 1.39. The first-order chi connectivity index (χ1) is 9.74. The van der Waals surface area contributed by atoms with Crippen molar-refractivity contribution >= 4 is 5.97 Å². The second-order valence-corrected chi connectivity index (χ2v) is 5.32. The van der Waals surface area contributed by atoms with Gasteiger partial charge in [-0.05, 0) is 37.0 Å². The Morgan fingerprint density at radius 3 is 2.55 bits per heavy atom. The molecule has 1 aliphatic rings. The van der Waals surface area contributed by atoms with Crippen LogP contribution >= 0.6 is 0 Å². The molecule has 2 rings (SSSR count). The number of aliphatic hydroxyl groups excluding tert-OH is 1. The fourth-order valence-corrected chi connectivity index (χ4v) is 2.51. The number of carbonyl (C=O) groups is 1. The molecule has 0 atom stereocenters. The van der Waals surface area contributed by atoms with Gasteiger partial charge in [0.2, 0.25) is 0 Å². The van der Waals surface area contributed by atoms with Crippen LogP contribution in [0.15, 0.2) is 24.3 Å². The van der Waals surface area contributed by atoms with Crippen LogP contribution in [0.25, 0.3) is 0 Å². The number of hydrogen-bond acceptors (Lipinski definition) is 4. The maximum absolute atomic E-state index is 11.4. The summed E-state index contributed by atoms with van der Waals surface area (Å²) in [5.74, 6) is -0.298. The van der Waals surface area contributed by atoms with Crippen molar-refractivity contribution in [3.05, 3.63) is 35.4 Å². The molecule has 1 aromatic carbocycles. The lowest BCUT2D eigenvalue weighted by atomic mass is 9.91. The molecule has 1 saturated carbocycles. The minimum atomic E-state index is -0.298. The third kappa shape index (κ3) is 3.81. The maximum atomic E-state index is 11.4. The van der Waals surface area contributed by atoms with Crippen molar-refractivity contribution in [2.45, 2.75) is 38.3 Å². The Labute approximate surface area is 120 Å². The highest BCUT2D eigenvalue weighted by Gasteiger charge is 2.24. The van der Waals surface area contributed by atoms with Gasteiger partial charge in [-0.25, -0.2) is 4.79 Å². The number of carbonyl (C=O) groups excluding carboxylic acids is 1. The molecule has 0 amide bonds. The first-order valence-corrected chi connectivity index (χ1v) is 7.26. The highest BCUT2D eigenvalue weighted by atomic mass is 16.5. The highest BCUT2D eigenvalue weighted by molar-refractivity contribution is 5.89. The second kappa shape index (κ2) is 7.41. The molecular formula is C16H23NO3. The van der Waals surface area contributed by atoms with E-state index in [0.29, 0.717) is 11.6 Å². The Morgan fingerprint density at radius 2 is 2.05 bits per heavy atom. The number of nitrogens with zero attached hydrogens (tertiary/aromatic N) is 1. The zero-order chi connectivity index (χ0) is 14.4. The molecule has 0 spiro atoms. The number of esters is 1. The summed E-state index contributed by atoms with van der Waals surface area (Å²) in [4.78, 5) is 13.8. The first-order valence-electron chi connectivity index (χ1n) is 7.26. The third-order valence-electron chi connectivity index (χ3n) is 3.96. The lowest BCUT2D eigenvalue weighted by Gasteiger charge is -2.37. The van der Waals surface area contributed by atoms with E-state index in [0.717, 1.165) is 19.5 Å². The van der Waals surface area contributed by atoms with Crippen molar-refractivity contribution in [2.24, 2.45) is 0 Å². The van der Waals surface area contributed by atoms with E-state index in [-0.39, 0.29) is 12.6 Å². The van der Waals surface area contributed by atoms with E-state index >= 15 is 0 Å². The van der Waals surface area contributed by atoms with Gasteiger partial charge in [-0.1, -0.05) is 18.6 Å². The van der Waals surface area contributed by atoms with Gasteiger partial charge < -0.3 is 9.84 Å². The van der Waals surface area contributed by atoms with Crippen LogP contribution in [0.4, 0.5) is 0 Å². The SMILES string of the molecule is COC(=O)c1ccc(CN(CCCO)C2CCC2)cc1. The van der Waals surface area contributed by atoms with Gasteiger partial charge >= 0.3 is 5.97 Å². The monoisotopic (exact) mass is 277 g/mol. The van der Waals surface area contributed by atoms with Gasteiger partial charge in [0.05, 0.1) is 12.7 Å². The number of rotatable bonds is 7. The normalized spacial score (nSPS) is 15.2. The topological polar surface area (TPSA) is 49.8 Å². The Balaban J connectivity index is 1.96. The minimum absolute atomic E-state index is 0.241. The summed E-state index contributed by atoms with van der Waals surface area (Å²) in [5, 5.41) is 9.00. The molecule has 20 heavy (non-hydrogen) atoms. The average molecular weight is 277 g/mol. The third-order valence-corrected chi connectivity index (χ3v) is 3.96. The smallest absolute Gasteiger partial charge is 0.337 e. The van der Waals surface area contributed by atoms with E-state index in [4.69, 9.17) is 9.84 Å². The van der Waals surface area contributed by atoms with Crippen molar-refractivity contribution in [3.63, 3.8) is 0 Å². The molecule has 0 aromatic heterocycles. The molecular weight excluding hydrogens is 254 g/mol. The predicted octanol–water partition coefficient (Wildman–Crippen LogP) is 2.21. The molecule has 1 N–H and O–H groups in total. The average Bonchev–Trinajstić information content (AvgIpc) is 2.42. The van der Waals surface area contributed by atoms with Crippen LogP contribution in [0.2, 0.25) is 0 Å². The van der Waals surface area contributed by atoms with Crippen LogP contribution in [0, 0.1) is 0 Å². The van der Waals surface area contributed by atoms with Gasteiger partial charge in [0.1, 0.15) is 0 Å². The summed E-state index contributed by atoms with van der Waals surface area (Å²) in [6.45, 7) is 2.05. The van der Waals surface area contributed by atoms with E-state index in [2.05, 4.69) is 4.90 Å². The molecule has 0 unspecified atom stereocenters. The molecule has 0 bridgehead atoms. The number of ether oxygens (including phenoxy) is 1. The molecule has 0 aliphatic heterocycles. The molecule has 1 aliphatic carbocycles. The standard InChI is InChI=1S/C16H23NO3/c1-20-16(19)14-8-6-13(7-9-14)12-17(10-3-11-18)15-4-2-5-15/h6-9,15,18H,2-5,10-12H2,1H3. The highest BCUT2D eigenvalue weighted by Crippen LogP contribution is 2.26. The van der Waals surface area contributed by atoms with Crippen LogP contribution < -0.4 is 0 Å². The molecule has 110 valence electrons. The number of methoxy groups -OCH3 is 1. The van der Waals surface area contributed by atoms with E-state index in [1.165, 1.54) is 31.9 Å².